The number of aromatic nitrogens is 2. The average molecular weight is 560 g/mol. The van der Waals surface area contributed by atoms with Crippen molar-refractivity contribution in [3.05, 3.63) is 88.2 Å². The molecule has 2 aromatic carbocycles. The van der Waals surface area contributed by atoms with Crippen molar-refractivity contribution in [2.45, 2.75) is 33.4 Å². The van der Waals surface area contributed by atoms with Crippen molar-refractivity contribution in [3.8, 4) is 0 Å². The van der Waals surface area contributed by atoms with Crippen LogP contribution >= 0.6 is 24.0 Å². The number of rotatable bonds is 8. The molecule has 1 amide bonds. The predicted octanol–water partition coefficient (Wildman–Crippen LogP) is 3.43. The molecule has 7 nitrogen and oxygen atoms in total. The smallest absolute Gasteiger partial charge is 0.251 e. The maximum Gasteiger partial charge on any atom is 0.251 e. The Morgan fingerprint density at radius 1 is 1.03 bits per heavy atom. The summed E-state index contributed by atoms with van der Waals surface area (Å²) >= 11 is 0. The summed E-state index contributed by atoms with van der Waals surface area (Å²) in [6.45, 7) is 6.27. The number of benzene rings is 2. The van der Waals surface area contributed by atoms with Crippen molar-refractivity contribution in [1.82, 2.24) is 25.7 Å². The Morgan fingerprint density at radius 3 is 2.45 bits per heavy atom. The molecular weight excluding hydrogens is 527 g/mol. The van der Waals surface area contributed by atoms with Crippen LogP contribution in [-0.4, -0.2) is 42.3 Å². The van der Waals surface area contributed by atoms with Crippen LogP contribution in [0.25, 0.3) is 0 Å². The number of hydrogen-bond donors (Lipinski definition) is 3. The number of amides is 1. The van der Waals surface area contributed by atoms with Crippen molar-refractivity contribution in [2.75, 3.05) is 20.6 Å². The van der Waals surface area contributed by atoms with E-state index in [0.717, 1.165) is 35.9 Å². The van der Waals surface area contributed by atoms with Crippen LogP contribution in [0, 0.1) is 13.8 Å². The molecule has 1 aromatic heterocycles. The van der Waals surface area contributed by atoms with Gasteiger partial charge in [-0.3, -0.25) is 14.5 Å². The van der Waals surface area contributed by atoms with Gasteiger partial charge < -0.3 is 16.0 Å². The Bertz CT molecular complexity index is 1080. The summed E-state index contributed by atoms with van der Waals surface area (Å²) in [5.74, 6) is 0.665. The Labute approximate surface area is 213 Å². The fourth-order valence-electron chi connectivity index (χ4n) is 3.63. The van der Waals surface area contributed by atoms with E-state index in [4.69, 9.17) is 5.10 Å². The zero-order chi connectivity index (χ0) is 22.9. The maximum atomic E-state index is 11.8. The number of nitrogens with one attached hydrogen (secondary N) is 3. The van der Waals surface area contributed by atoms with Gasteiger partial charge in [0.15, 0.2) is 5.96 Å². The highest BCUT2D eigenvalue weighted by Crippen LogP contribution is 2.14. The van der Waals surface area contributed by atoms with Gasteiger partial charge in [0.1, 0.15) is 0 Å². The summed E-state index contributed by atoms with van der Waals surface area (Å²) in [6, 6.07) is 18.0. The van der Waals surface area contributed by atoms with Gasteiger partial charge in [-0.1, -0.05) is 42.5 Å². The van der Waals surface area contributed by atoms with Gasteiger partial charge in [0.2, 0.25) is 0 Å². The molecule has 0 saturated carbocycles. The average Bonchev–Trinajstić information content (AvgIpc) is 3.08. The first kappa shape index (κ1) is 26.4. The molecule has 0 spiro atoms. The van der Waals surface area contributed by atoms with Crippen molar-refractivity contribution >= 4 is 35.8 Å². The predicted molar refractivity (Wildman–Crippen MR) is 144 cm³/mol. The van der Waals surface area contributed by atoms with Crippen LogP contribution in [0.4, 0.5) is 0 Å². The molecule has 3 rings (SSSR count). The first-order chi connectivity index (χ1) is 15.5. The molecule has 0 aliphatic rings. The van der Waals surface area contributed by atoms with Gasteiger partial charge in [0.05, 0.1) is 12.2 Å². The van der Waals surface area contributed by atoms with Crippen molar-refractivity contribution in [2.24, 2.45) is 4.99 Å². The summed E-state index contributed by atoms with van der Waals surface area (Å²) in [5.41, 5.74) is 6.36. The molecule has 33 heavy (non-hydrogen) atoms. The molecule has 0 aliphatic heterocycles. The number of hydrogen-bond acceptors (Lipinski definition) is 3. The van der Waals surface area contributed by atoms with E-state index in [2.05, 4.69) is 44.7 Å². The van der Waals surface area contributed by atoms with Gasteiger partial charge in [0.25, 0.3) is 5.91 Å². The fraction of sp³-hybridized carbons (Fsp3) is 0.320. The van der Waals surface area contributed by atoms with Crippen LogP contribution in [0.5, 0.6) is 0 Å². The normalized spacial score (nSPS) is 11.0. The molecule has 0 saturated heterocycles. The number of carbonyl (C=O) groups excluding carboxylic acids is 1. The highest BCUT2D eigenvalue weighted by Gasteiger charge is 2.12. The van der Waals surface area contributed by atoms with Gasteiger partial charge in [0, 0.05) is 44.0 Å². The molecule has 3 N–H and O–H groups in total. The minimum Gasteiger partial charge on any atom is -0.356 e. The zero-order valence-corrected chi connectivity index (χ0v) is 22.0. The minimum atomic E-state index is -0.0733. The van der Waals surface area contributed by atoms with E-state index >= 15 is 0 Å². The second-order valence-electron chi connectivity index (χ2n) is 7.67. The van der Waals surface area contributed by atoms with Gasteiger partial charge in [-0.2, -0.15) is 5.10 Å². The van der Waals surface area contributed by atoms with E-state index in [1.54, 1.807) is 14.1 Å². The van der Waals surface area contributed by atoms with Gasteiger partial charge in [-0.05, 0) is 43.5 Å². The number of carbonyl (C=O) groups is 1. The van der Waals surface area contributed by atoms with Crippen LogP contribution in [0.1, 0.15) is 38.4 Å². The summed E-state index contributed by atoms with van der Waals surface area (Å²) < 4.78 is 2.05. The number of aliphatic imine (C=N–C) groups is 1. The summed E-state index contributed by atoms with van der Waals surface area (Å²) in [5, 5.41) is 14.1. The fourth-order valence-corrected chi connectivity index (χ4v) is 3.63. The third-order valence-electron chi connectivity index (χ3n) is 5.49. The van der Waals surface area contributed by atoms with Crippen LogP contribution in [0.2, 0.25) is 0 Å². The molecule has 8 heteroatoms. The van der Waals surface area contributed by atoms with E-state index in [1.165, 1.54) is 11.1 Å². The minimum absolute atomic E-state index is 0. The molecular formula is C25H33IN6O. The summed E-state index contributed by atoms with van der Waals surface area (Å²) in [4.78, 5) is 16.1. The zero-order valence-electron chi connectivity index (χ0n) is 19.7. The Morgan fingerprint density at radius 2 is 1.76 bits per heavy atom. The van der Waals surface area contributed by atoms with E-state index < -0.39 is 0 Å². The van der Waals surface area contributed by atoms with Crippen molar-refractivity contribution in [1.29, 1.82) is 0 Å². The SMILES string of the molecule is CN=C(NCCc1cccc(C(=O)NC)c1)NCc1c(C)nn(Cc2ccccc2)c1C.I. The topological polar surface area (TPSA) is 83.3 Å². The Hall–Kier alpha value is -2.88. The third-order valence-corrected chi connectivity index (χ3v) is 5.49. The van der Waals surface area contributed by atoms with E-state index in [0.29, 0.717) is 18.7 Å². The number of aryl methyl sites for hydroxylation is 1. The molecule has 0 fully saturated rings. The van der Waals surface area contributed by atoms with Gasteiger partial charge in [-0.15, -0.1) is 24.0 Å². The van der Waals surface area contributed by atoms with Crippen LogP contribution in [-0.2, 0) is 19.5 Å². The number of guanidine groups is 1. The summed E-state index contributed by atoms with van der Waals surface area (Å²) in [6.07, 6.45) is 0.790. The molecule has 0 unspecified atom stereocenters. The Kier molecular flexibility index (Phi) is 10.4. The van der Waals surface area contributed by atoms with E-state index in [-0.39, 0.29) is 29.9 Å². The lowest BCUT2D eigenvalue weighted by Crippen LogP contribution is -2.38. The molecule has 3 aromatic rings. The largest absolute Gasteiger partial charge is 0.356 e. The van der Waals surface area contributed by atoms with Crippen LogP contribution < -0.4 is 16.0 Å². The second-order valence-corrected chi connectivity index (χ2v) is 7.67. The highest BCUT2D eigenvalue weighted by atomic mass is 127. The molecule has 0 bridgehead atoms. The molecule has 0 atom stereocenters. The van der Waals surface area contributed by atoms with Gasteiger partial charge in [-0.25, -0.2) is 0 Å². The molecule has 1 heterocycles. The highest BCUT2D eigenvalue weighted by molar-refractivity contribution is 14.0. The molecule has 0 aliphatic carbocycles. The van der Waals surface area contributed by atoms with E-state index in [1.807, 2.05) is 49.4 Å². The number of nitrogens with zero attached hydrogens (tertiary/aromatic N) is 3. The quantitative estimate of drug-likeness (QED) is 0.224. The monoisotopic (exact) mass is 560 g/mol. The number of halogens is 1. The molecule has 176 valence electrons. The van der Waals surface area contributed by atoms with Crippen LogP contribution in [0.3, 0.4) is 0 Å². The summed E-state index contributed by atoms with van der Waals surface area (Å²) in [7, 11) is 3.40. The molecule has 0 radical (unpaired) electrons. The first-order valence-electron chi connectivity index (χ1n) is 10.8. The lowest BCUT2D eigenvalue weighted by Gasteiger charge is -2.13. The lowest BCUT2D eigenvalue weighted by molar-refractivity contribution is 0.0963. The second kappa shape index (κ2) is 13.0. The van der Waals surface area contributed by atoms with Crippen molar-refractivity contribution in [3.63, 3.8) is 0 Å². The Balaban J connectivity index is 0.00000385. The third kappa shape index (κ3) is 7.31. The standard InChI is InChI=1S/C25H32N6O.HI/c1-18-23(19(2)31(30-18)17-21-9-6-5-7-10-21)16-29-25(27-4)28-14-13-20-11-8-12-22(15-20)24(32)26-3;/h5-12,15H,13-14,16-17H2,1-4H3,(H,26,32)(H2,27,28,29);1H. The van der Waals surface area contributed by atoms with Crippen molar-refractivity contribution < 1.29 is 4.79 Å². The van der Waals surface area contributed by atoms with Crippen LogP contribution in [0.15, 0.2) is 59.6 Å². The maximum absolute atomic E-state index is 11.8. The van der Waals surface area contributed by atoms with Gasteiger partial charge >= 0.3 is 0 Å². The lowest BCUT2D eigenvalue weighted by atomic mass is 10.1. The van der Waals surface area contributed by atoms with E-state index in [9.17, 15) is 4.79 Å². The first-order valence-corrected chi connectivity index (χ1v) is 10.8.